The molecule has 0 saturated carbocycles. The molecule has 2 aromatic carbocycles. The van der Waals surface area contributed by atoms with Gasteiger partial charge in [0, 0.05) is 30.8 Å². The van der Waals surface area contributed by atoms with Crippen LogP contribution in [0.3, 0.4) is 0 Å². The van der Waals surface area contributed by atoms with E-state index in [0.717, 1.165) is 24.2 Å². The van der Waals surface area contributed by atoms with Gasteiger partial charge in [-0.3, -0.25) is 9.59 Å². The lowest BCUT2D eigenvalue weighted by Gasteiger charge is -2.16. The van der Waals surface area contributed by atoms with Gasteiger partial charge in [-0.2, -0.15) is 0 Å². The second-order valence-corrected chi connectivity index (χ2v) is 6.17. The molecular weight excluding hydrogens is 316 g/mol. The van der Waals surface area contributed by atoms with Crippen LogP contribution < -0.4 is 10.2 Å². The van der Waals surface area contributed by atoms with Crippen molar-refractivity contribution in [2.75, 3.05) is 18.0 Å². The normalized spacial score (nSPS) is 15.2. The van der Waals surface area contributed by atoms with Crippen molar-refractivity contribution in [1.82, 2.24) is 5.32 Å². The number of hydrogen-bond acceptors (Lipinski definition) is 3. The second-order valence-electron chi connectivity index (χ2n) is 6.17. The molecule has 1 unspecified atom stereocenters. The first-order chi connectivity index (χ1) is 12.1. The molecule has 0 aliphatic carbocycles. The molecule has 0 spiro atoms. The molecule has 2 N–H and O–H groups in total. The topological polar surface area (TPSA) is 69.6 Å². The van der Waals surface area contributed by atoms with E-state index < -0.39 is 6.10 Å². The fraction of sp³-hybridized carbons (Fsp3) is 0.300. The Bertz CT molecular complexity index is 728. The predicted molar refractivity (Wildman–Crippen MR) is 96.4 cm³/mol. The van der Waals surface area contributed by atoms with E-state index in [2.05, 4.69) is 5.32 Å². The number of rotatable bonds is 6. The van der Waals surface area contributed by atoms with Crippen molar-refractivity contribution in [1.29, 1.82) is 0 Å². The number of carbonyl (C=O) groups is 2. The Morgan fingerprint density at radius 2 is 1.84 bits per heavy atom. The van der Waals surface area contributed by atoms with Crippen molar-refractivity contribution in [2.24, 2.45) is 0 Å². The molecule has 1 atom stereocenters. The van der Waals surface area contributed by atoms with Crippen LogP contribution in [0.4, 0.5) is 5.69 Å². The predicted octanol–water partition coefficient (Wildman–Crippen LogP) is 2.67. The summed E-state index contributed by atoms with van der Waals surface area (Å²) in [7, 11) is 0. The Balaban J connectivity index is 1.50. The van der Waals surface area contributed by atoms with E-state index in [1.54, 1.807) is 29.2 Å². The smallest absolute Gasteiger partial charge is 0.251 e. The van der Waals surface area contributed by atoms with Gasteiger partial charge in [0.25, 0.3) is 5.91 Å². The van der Waals surface area contributed by atoms with E-state index in [-0.39, 0.29) is 11.8 Å². The molecule has 1 heterocycles. The lowest BCUT2D eigenvalue weighted by Crippen LogP contribution is -2.26. The molecule has 0 aromatic heterocycles. The van der Waals surface area contributed by atoms with Crippen LogP contribution in [0.25, 0.3) is 0 Å². The van der Waals surface area contributed by atoms with Crippen LogP contribution in [0.1, 0.15) is 41.3 Å². The zero-order valence-corrected chi connectivity index (χ0v) is 14.0. The first kappa shape index (κ1) is 17.2. The van der Waals surface area contributed by atoms with Crippen molar-refractivity contribution in [3.05, 3.63) is 65.7 Å². The maximum atomic E-state index is 12.2. The van der Waals surface area contributed by atoms with E-state index >= 15 is 0 Å². The Morgan fingerprint density at radius 3 is 2.48 bits per heavy atom. The Kier molecular flexibility index (Phi) is 5.46. The van der Waals surface area contributed by atoms with Crippen LogP contribution in [0, 0.1) is 0 Å². The highest BCUT2D eigenvalue weighted by atomic mass is 16.3. The monoisotopic (exact) mass is 338 g/mol. The third-order valence-electron chi connectivity index (χ3n) is 4.40. The second kappa shape index (κ2) is 7.94. The minimum absolute atomic E-state index is 0.132. The van der Waals surface area contributed by atoms with E-state index in [4.69, 9.17) is 0 Å². The highest BCUT2D eigenvalue weighted by Gasteiger charge is 2.21. The lowest BCUT2D eigenvalue weighted by molar-refractivity contribution is -0.117. The fourth-order valence-electron chi connectivity index (χ4n) is 2.98. The van der Waals surface area contributed by atoms with Gasteiger partial charge in [0.2, 0.25) is 5.91 Å². The van der Waals surface area contributed by atoms with Gasteiger partial charge in [0.15, 0.2) is 0 Å². The third-order valence-corrected chi connectivity index (χ3v) is 4.40. The summed E-state index contributed by atoms with van der Waals surface area (Å²) < 4.78 is 0. The number of nitrogens with zero attached hydrogens (tertiary/aromatic N) is 1. The minimum atomic E-state index is -0.593. The van der Waals surface area contributed by atoms with Crippen molar-refractivity contribution in [3.8, 4) is 0 Å². The van der Waals surface area contributed by atoms with Gasteiger partial charge in [0.05, 0.1) is 6.10 Å². The summed E-state index contributed by atoms with van der Waals surface area (Å²) in [5.41, 5.74) is 2.22. The van der Waals surface area contributed by atoms with Crippen molar-refractivity contribution >= 4 is 17.5 Å². The molecule has 5 nitrogen and oxygen atoms in total. The summed E-state index contributed by atoms with van der Waals surface area (Å²) >= 11 is 0. The SMILES string of the molecule is O=C(NCCC(O)c1ccccc1)c1ccc(N2CCCC2=O)cc1. The number of benzene rings is 2. The molecule has 5 heteroatoms. The molecule has 3 rings (SSSR count). The quantitative estimate of drug-likeness (QED) is 0.851. The minimum Gasteiger partial charge on any atom is -0.388 e. The molecule has 0 bridgehead atoms. The highest BCUT2D eigenvalue weighted by Crippen LogP contribution is 2.21. The van der Waals surface area contributed by atoms with Crippen LogP contribution in [0.2, 0.25) is 0 Å². The van der Waals surface area contributed by atoms with Crippen LogP contribution in [-0.4, -0.2) is 30.0 Å². The summed E-state index contributed by atoms with van der Waals surface area (Å²) in [5, 5.41) is 12.9. The molecule has 0 radical (unpaired) electrons. The van der Waals surface area contributed by atoms with Gasteiger partial charge < -0.3 is 15.3 Å². The number of hydrogen-bond donors (Lipinski definition) is 2. The molecule has 1 aliphatic heterocycles. The van der Waals surface area contributed by atoms with E-state index in [1.807, 2.05) is 30.3 Å². The number of anilines is 1. The van der Waals surface area contributed by atoms with E-state index in [0.29, 0.717) is 24.9 Å². The molecule has 1 fully saturated rings. The van der Waals surface area contributed by atoms with Crippen LogP contribution in [0.5, 0.6) is 0 Å². The maximum absolute atomic E-state index is 12.2. The van der Waals surface area contributed by atoms with Gasteiger partial charge in [-0.15, -0.1) is 0 Å². The van der Waals surface area contributed by atoms with Crippen LogP contribution in [0.15, 0.2) is 54.6 Å². The zero-order chi connectivity index (χ0) is 17.6. The van der Waals surface area contributed by atoms with Gasteiger partial charge >= 0.3 is 0 Å². The Labute approximate surface area is 147 Å². The van der Waals surface area contributed by atoms with Crippen LogP contribution >= 0.6 is 0 Å². The molecule has 2 aromatic rings. The Hall–Kier alpha value is -2.66. The molecule has 1 aliphatic rings. The number of aliphatic hydroxyl groups excluding tert-OH is 1. The first-order valence-corrected chi connectivity index (χ1v) is 8.57. The summed E-state index contributed by atoms with van der Waals surface area (Å²) in [6.45, 7) is 1.13. The van der Waals surface area contributed by atoms with Gasteiger partial charge in [0.1, 0.15) is 0 Å². The molecule has 130 valence electrons. The summed E-state index contributed by atoms with van der Waals surface area (Å²) in [5.74, 6) is -0.0494. The van der Waals surface area contributed by atoms with Crippen molar-refractivity contribution < 1.29 is 14.7 Å². The number of carbonyl (C=O) groups excluding carboxylic acids is 2. The summed E-state index contributed by atoms with van der Waals surface area (Å²) in [6.07, 6.45) is 1.33. The van der Waals surface area contributed by atoms with Gasteiger partial charge in [-0.25, -0.2) is 0 Å². The van der Waals surface area contributed by atoms with Gasteiger partial charge in [-0.1, -0.05) is 30.3 Å². The summed E-state index contributed by atoms with van der Waals surface area (Å²) in [6, 6.07) is 16.4. The zero-order valence-electron chi connectivity index (χ0n) is 14.0. The average molecular weight is 338 g/mol. The molecule has 1 saturated heterocycles. The number of amides is 2. The lowest BCUT2D eigenvalue weighted by atomic mass is 10.1. The number of aliphatic hydroxyl groups is 1. The van der Waals surface area contributed by atoms with E-state index in [9.17, 15) is 14.7 Å². The van der Waals surface area contributed by atoms with Crippen molar-refractivity contribution in [3.63, 3.8) is 0 Å². The standard InChI is InChI=1S/C20H22N2O3/c23-18(15-5-2-1-3-6-15)12-13-21-20(25)16-8-10-17(11-9-16)22-14-4-7-19(22)24/h1-3,5-6,8-11,18,23H,4,7,12-14H2,(H,21,25). The fourth-order valence-corrected chi connectivity index (χ4v) is 2.98. The third kappa shape index (κ3) is 4.25. The molecule has 25 heavy (non-hydrogen) atoms. The highest BCUT2D eigenvalue weighted by molar-refractivity contribution is 5.97. The van der Waals surface area contributed by atoms with Gasteiger partial charge in [-0.05, 0) is 42.7 Å². The summed E-state index contributed by atoms with van der Waals surface area (Å²) in [4.78, 5) is 25.7. The van der Waals surface area contributed by atoms with Crippen molar-refractivity contribution in [2.45, 2.75) is 25.4 Å². The molecular formula is C20H22N2O3. The Morgan fingerprint density at radius 1 is 1.12 bits per heavy atom. The maximum Gasteiger partial charge on any atom is 0.251 e. The largest absolute Gasteiger partial charge is 0.388 e. The molecule has 2 amide bonds. The number of nitrogens with one attached hydrogen (secondary N) is 1. The van der Waals surface area contributed by atoms with Crippen LogP contribution in [-0.2, 0) is 4.79 Å². The van der Waals surface area contributed by atoms with E-state index in [1.165, 1.54) is 0 Å². The first-order valence-electron chi connectivity index (χ1n) is 8.57. The average Bonchev–Trinajstić information content (AvgIpc) is 3.08.